The molecule has 4 rings (SSSR count). The summed E-state index contributed by atoms with van der Waals surface area (Å²) in [7, 11) is 1.60. The number of pyridine rings is 1. The Morgan fingerprint density at radius 2 is 1.88 bits per heavy atom. The summed E-state index contributed by atoms with van der Waals surface area (Å²) in [5.41, 5.74) is 1.29. The number of piperazine rings is 1. The highest BCUT2D eigenvalue weighted by atomic mass is 16.5. The first-order valence-electron chi connectivity index (χ1n) is 8.24. The van der Waals surface area contributed by atoms with E-state index >= 15 is 0 Å². The molecule has 0 spiro atoms. The lowest BCUT2D eigenvalue weighted by Crippen LogP contribution is -2.44. The van der Waals surface area contributed by atoms with Crippen LogP contribution in [-0.2, 0) is 0 Å². The van der Waals surface area contributed by atoms with Crippen molar-refractivity contribution in [2.75, 3.05) is 38.2 Å². The van der Waals surface area contributed by atoms with E-state index in [1.165, 1.54) is 0 Å². The van der Waals surface area contributed by atoms with Crippen LogP contribution in [0.2, 0.25) is 0 Å². The second kappa shape index (κ2) is 6.52. The first-order chi connectivity index (χ1) is 12.3. The molecule has 1 saturated heterocycles. The summed E-state index contributed by atoms with van der Waals surface area (Å²) in [4.78, 5) is 26.4. The molecule has 7 heteroatoms. The minimum Gasteiger partial charge on any atom is -0.496 e. The largest absolute Gasteiger partial charge is 0.496 e. The SMILES string of the molecule is COc1cccc2c(=O)[nH]c(-c3cnc(N4CCNCC4)nc3)cc12. The summed E-state index contributed by atoms with van der Waals surface area (Å²) in [6.07, 6.45) is 3.49. The molecule has 25 heavy (non-hydrogen) atoms. The van der Waals surface area contributed by atoms with Crippen LogP contribution in [0.5, 0.6) is 5.75 Å². The maximum atomic E-state index is 12.4. The van der Waals surface area contributed by atoms with Crippen molar-refractivity contribution in [1.82, 2.24) is 20.3 Å². The molecule has 0 atom stereocenters. The standard InChI is InChI=1S/C18H19N5O2/c1-25-16-4-2-3-13-14(16)9-15(22-17(13)24)12-10-20-18(21-11-12)23-7-5-19-6-8-23/h2-4,9-11,19H,5-8H2,1H3,(H,22,24). The van der Waals surface area contributed by atoms with Crippen LogP contribution < -0.4 is 20.5 Å². The van der Waals surface area contributed by atoms with Crippen LogP contribution in [0.1, 0.15) is 0 Å². The molecule has 3 heterocycles. The van der Waals surface area contributed by atoms with Gasteiger partial charge in [0.05, 0.1) is 18.2 Å². The number of nitrogens with zero attached hydrogens (tertiary/aromatic N) is 3. The highest BCUT2D eigenvalue weighted by Gasteiger charge is 2.14. The van der Waals surface area contributed by atoms with Crippen LogP contribution in [0.25, 0.3) is 22.0 Å². The Balaban J connectivity index is 1.73. The third-order valence-electron chi connectivity index (χ3n) is 4.42. The Morgan fingerprint density at radius 1 is 1.12 bits per heavy atom. The van der Waals surface area contributed by atoms with Gasteiger partial charge in [-0.3, -0.25) is 4.79 Å². The van der Waals surface area contributed by atoms with E-state index < -0.39 is 0 Å². The minimum atomic E-state index is -0.155. The number of H-pyrrole nitrogens is 1. The molecule has 1 aliphatic rings. The maximum Gasteiger partial charge on any atom is 0.256 e. The number of anilines is 1. The molecule has 2 aromatic heterocycles. The summed E-state index contributed by atoms with van der Waals surface area (Å²) in [5.74, 6) is 1.38. The quantitative estimate of drug-likeness (QED) is 0.752. The van der Waals surface area contributed by atoms with Crippen molar-refractivity contribution < 1.29 is 4.74 Å². The first kappa shape index (κ1) is 15.6. The third kappa shape index (κ3) is 2.94. The normalized spacial score (nSPS) is 14.7. The van der Waals surface area contributed by atoms with Crippen LogP contribution in [0.15, 0.2) is 41.5 Å². The number of fused-ring (bicyclic) bond motifs is 1. The van der Waals surface area contributed by atoms with Gasteiger partial charge in [-0.2, -0.15) is 0 Å². The Kier molecular flexibility index (Phi) is 4.07. The van der Waals surface area contributed by atoms with E-state index in [9.17, 15) is 4.79 Å². The van der Waals surface area contributed by atoms with Gasteiger partial charge >= 0.3 is 0 Å². The lowest BCUT2D eigenvalue weighted by Gasteiger charge is -2.27. The van der Waals surface area contributed by atoms with Gasteiger partial charge in [-0.05, 0) is 18.2 Å². The topological polar surface area (TPSA) is 83.1 Å². The van der Waals surface area contributed by atoms with Crippen LogP contribution in [0, 0.1) is 0 Å². The zero-order valence-electron chi connectivity index (χ0n) is 14.0. The molecule has 0 amide bonds. The second-order valence-corrected chi connectivity index (χ2v) is 5.94. The number of methoxy groups -OCH3 is 1. The van der Waals surface area contributed by atoms with E-state index in [-0.39, 0.29) is 5.56 Å². The van der Waals surface area contributed by atoms with E-state index in [2.05, 4.69) is 25.2 Å². The molecule has 0 bridgehead atoms. The Labute approximate surface area is 144 Å². The van der Waals surface area contributed by atoms with Crippen LogP contribution in [0.4, 0.5) is 5.95 Å². The van der Waals surface area contributed by atoms with Crippen LogP contribution in [-0.4, -0.2) is 48.2 Å². The van der Waals surface area contributed by atoms with Gasteiger partial charge in [-0.1, -0.05) is 6.07 Å². The van der Waals surface area contributed by atoms with Crippen molar-refractivity contribution in [3.63, 3.8) is 0 Å². The van der Waals surface area contributed by atoms with Gasteiger partial charge in [0, 0.05) is 49.5 Å². The van der Waals surface area contributed by atoms with E-state index in [0.717, 1.165) is 37.1 Å². The van der Waals surface area contributed by atoms with Crippen molar-refractivity contribution in [3.8, 4) is 17.0 Å². The molecular weight excluding hydrogens is 318 g/mol. The minimum absolute atomic E-state index is 0.155. The van der Waals surface area contributed by atoms with Gasteiger partial charge < -0.3 is 19.9 Å². The van der Waals surface area contributed by atoms with Gasteiger partial charge in [-0.25, -0.2) is 9.97 Å². The van der Waals surface area contributed by atoms with Gasteiger partial charge in [0.25, 0.3) is 5.56 Å². The molecule has 7 nitrogen and oxygen atoms in total. The molecule has 0 unspecified atom stereocenters. The first-order valence-corrected chi connectivity index (χ1v) is 8.24. The lowest BCUT2D eigenvalue weighted by molar-refractivity contribution is 0.420. The number of aromatic amines is 1. The fourth-order valence-electron chi connectivity index (χ4n) is 3.08. The number of rotatable bonds is 3. The van der Waals surface area contributed by atoms with Crippen molar-refractivity contribution in [2.24, 2.45) is 0 Å². The Hall–Kier alpha value is -2.93. The number of ether oxygens (including phenoxy) is 1. The van der Waals surface area contributed by atoms with Crippen molar-refractivity contribution in [1.29, 1.82) is 0 Å². The average molecular weight is 337 g/mol. The zero-order chi connectivity index (χ0) is 17.2. The fourth-order valence-corrected chi connectivity index (χ4v) is 3.08. The molecular formula is C18H19N5O2. The molecule has 2 N–H and O–H groups in total. The zero-order valence-corrected chi connectivity index (χ0v) is 14.0. The van der Waals surface area contributed by atoms with Crippen molar-refractivity contribution in [2.45, 2.75) is 0 Å². The van der Waals surface area contributed by atoms with Crippen molar-refractivity contribution >= 4 is 16.7 Å². The number of hydrogen-bond donors (Lipinski definition) is 2. The molecule has 0 radical (unpaired) electrons. The summed E-state index contributed by atoms with van der Waals surface area (Å²) >= 11 is 0. The summed E-state index contributed by atoms with van der Waals surface area (Å²) < 4.78 is 5.38. The lowest BCUT2D eigenvalue weighted by atomic mass is 10.1. The monoisotopic (exact) mass is 337 g/mol. The molecule has 0 saturated carbocycles. The summed E-state index contributed by atoms with van der Waals surface area (Å²) in [6, 6.07) is 7.33. The van der Waals surface area contributed by atoms with Gasteiger partial charge in [-0.15, -0.1) is 0 Å². The highest BCUT2D eigenvalue weighted by Crippen LogP contribution is 2.26. The van der Waals surface area contributed by atoms with E-state index in [1.807, 2.05) is 18.2 Å². The van der Waals surface area contributed by atoms with Gasteiger partial charge in [0.1, 0.15) is 5.75 Å². The molecule has 0 aliphatic carbocycles. The van der Waals surface area contributed by atoms with Crippen LogP contribution >= 0.6 is 0 Å². The molecule has 1 aliphatic heterocycles. The van der Waals surface area contributed by atoms with Gasteiger partial charge in [0.15, 0.2) is 0 Å². The maximum absolute atomic E-state index is 12.4. The van der Waals surface area contributed by atoms with E-state index in [4.69, 9.17) is 4.74 Å². The Morgan fingerprint density at radius 3 is 2.60 bits per heavy atom. The Bertz CT molecular complexity index is 946. The second-order valence-electron chi connectivity index (χ2n) is 5.94. The predicted molar refractivity (Wildman–Crippen MR) is 97.2 cm³/mol. The third-order valence-corrected chi connectivity index (χ3v) is 4.42. The number of aromatic nitrogens is 3. The van der Waals surface area contributed by atoms with Crippen molar-refractivity contribution in [3.05, 3.63) is 47.0 Å². The fraction of sp³-hybridized carbons (Fsp3) is 0.278. The molecule has 3 aromatic rings. The molecule has 1 fully saturated rings. The van der Waals surface area contributed by atoms with E-state index in [0.29, 0.717) is 22.8 Å². The molecule has 1 aromatic carbocycles. The van der Waals surface area contributed by atoms with Crippen LogP contribution in [0.3, 0.4) is 0 Å². The number of benzene rings is 1. The van der Waals surface area contributed by atoms with Gasteiger partial charge in [0.2, 0.25) is 5.95 Å². The predicted octanol–water partition coefficient (Wildman–Crippen LogP) is 1.40. The summed E-state index contributed by atoms with van der Waals surface area (Å²) in [5, 5.41) is 4.68. The highest BCUT2D eigenvalue weighted by molar-refractivity contribution is 5.90. The number of hydrogen-bond acceptors (Lipinski definition) is 6. The summed E-state index contributed by atoms with van der Waals surface area (Å²) in [6.45, 7) is 3.65. The average Bonchev–Trinajstić information content (AvgIpc) is 2.68. The molecule has 128 valence electrons. The smallest absolute Gasteiger partial charge is 0.256 e. The van der Waals surface area contributed by atoms with E-state index in [1.54, 1.807) is 25.6 Å². The number of nitrogens with one attached hydrogen (secondary N) is 2.